The molecule has 0 N–H and O–H groups in total. The normalized spacial score (nSPS) is 10.2. The van der Waals surface area contributed by atoms with Crippen LogP contribution in [-0.4, -0.2) is 17.9 Å². The number of aryl methyl sites for hydroxylation is 1. The molecule has 1 aromatic carbocycles. The first-order valence-electron chi connectivity index (χ1n) is 6.34. The first kappa shape index (κ1) is 14.1. The van der Waals surface area contributed by atoms with Crippen LogP contribution in [0.2, 0.25) is 0 Å². The van der Waals surface area contributed by atoms with Gasteiger partial charge in [0.1, 0.15) is 18.1 Å². The smallest absolute Gasteiger partial charge is 0.163 e. The summed E-state index contributed by atoms with van der Waals surface area (Å²) in [6.45, 7) is 3.75. The molecule has 0 aliphatic carbocycles. The van der Waals surface area contributed by atoms with Gasteiger partial charge in [0.05, 0.1) is 18.4 Å². The summed E-state index contributed by atoms with van der Waals surface area (Å²) in [6.07, 6.45) is 0. The molecule has 1 heterocycles. The van der Waals surface area contributed by atoms with E-state index in [9.17, 15) is 4.79 Å². The van der Waals surface area contributed by atoms with Gasteiger partial charge in [0.2, 0.25) is 0 Å². The van der Waals surface area contributed by atoms with Gasteiger partial charge in [-0.2, -0.15) is 0 Å². The molecule has 104 valence electrons. The number of ketones is 1. The fourth-order valence-corrected chi connectivity index (χ4v) is 1.87. The maximum absolute atomic E-state index is 11.6. The summed E-state index contributed by atoms with van der Waals surface area (Å²) in [5.74, 6) is 1.13. The Kier molecular flexibility index (Phi) is 4.35. The molecule has 0 aliphatic heterocycles. The van der Waals surface area contributed by atoms with Crippen molar-refractivity contribution in [3.05, 3.63) is 53.3 Å². The van der Waals surface area contributed by atoms with Crippen molar-refractivity contribution >= 4 is 5.78 Å². The zero-order valence-electron chi connectivity index (χ0n) is 11.8. The summed E-state index contributed by atoms with van der Waals surface area (Å²) in [5, 5.41) is 0. The third-order valence-electron chi connectivity index (χ3n) is 2.89. The largest absolute Gasteiger partial charge is 0.497 e. The number of carbonyl (C=O) groups is 1. The van der Waals surface area contributed by atoms with Crippen molar-refractivity contribution in [3.8, 4) is 11.5 Å². The summed E-state index contributed by atoms with van der Waals surface area (Å²) in [7, 11) is 1.58. The van der Waals surface area contributed by atoms with Crippen molar-refractivity contribution in [1.82, 2.24) is 4.98 Å². The molecule has 0 spiro atoms. The van der Waals surface area contributed by atoms with Gasteiger partial charge in [-0.1, -0.05) is 6.07 Å². The van der Waals surface area contributed by atoms with Crippen LogP contribution in [0, 0.1) is 6.92 Å². The Morgan fingerprint density at radius 2 is 2.05 bits per heavy atom. The Balaban J connectivity index is 2.21. The Hall–Kier alpha value is -2.36. The number of ether oxygens (including phenoxy) is 2. The van der Waals surface area contributed by atoms with Crippen molar-refractivity contribution < 1.29 is 14.3 Å². The maximum atomic E-state index is 11.6. The lowest BCUT2D eigenvalue weighted by Crippen LogP contribution is -2.03. The molecule has 0 saturated carbocycles. The van der Waals surface area contributed by atoms with Crippen molar-refractivity contribution in [3.63, 3.8) is 0 Å². The number of Topliss-reactive ketones (excluding diaryl/α,β-unsaturated/α-hetero) is 1. The summed E-state index contributed by atoms with van der Waals surface area (Å²) in [5.41, 5.74) is 2.30. The molecule has 4 heteroatoms. The molecule has 4 nitrogen and oxygen atoms in total. The molecule has 0 amide bonds. The fraction of sp³-hybridized carbons (Fsp3) is 0.250. The molecule has 0 radical (unpaired) electrons. The van der Waals surface area contributed by atoms with E-state index in [2.05, 4.69) is 4.98 Å². The first-order valence-corrected chi connectivity index (χ1v) is 6.34. The fourth-order valence-electron chi connectivity index (χ4n) is 1.87. The van der Waals surface area contributed by atoms with E-state index in [1.54, 1.807) is 25.3 Å². The molecule has 0 bridgehead atoms. The number of benzene rings is 1. The molecule has 0 saturated heterocycles. The minimum atomic E-state index is -0.0418. The Bertz CT molecular complexity index is 623. The third kappa shape index (κ3) is 3.35. The van der Waals surface area contributed by atoms with E-state index >= 15 is 0 Å². The van der Waals surface area contributed by atoms with Crippen molar-refractivity contribution in [2.24, 2.45) is 0 Å². The summed E-state index contributed by atoms with van der Waals surface area (Å²) in [6, 6.07) is 10.9. The Morgan fingerprint density at radius 3 is 2.70 bits per heavy atom. The third-order valence-corrected chi connectivity index (χ3v) is 2.89. The minimum Gasteiger partial charge on any atom is -0.497 e. The van der Waals surface area contributed by atoms with Crippen molar-refractivity contribution in [1.29, 1.82) is 0 Å². The van der Waals surface area contributed by atoms with Gasteiger partial charge in [-0.3, -0.25) is 9.78 Å². The molecule has 0 atom stereocenters. The van der Waals surface area contributed by atoms with Gasteiger partial charge in [-0.15, -0.1) is 0 Å². The second-order valence-electron chi connectivity index (χ2n) is 4.48. The molecule has 2 aromatic rings. The number of hydrogen-bond acceptors (Lipinski definition) is 4. The molecule has 1 aromatic heterocycles. The standard InChI is InChI=1S/C16H17NO3/c1-11-5-4-6-13(17-11)10-20-16-9-14(19-3)7-8-15(16)12(2)18/h4-9H,10H2,1-3H3. The number of pyridine rings is 1. The number of methoxy groups -OCH3 is 1. The quantitative estimate of drug-likeness (QED) is 0.784. The number of hydrogen-bond donors (Lipinski definition) is 0. The van der Waals surface area contributed by atoms with E-state index in [1.165, 1.54) is 6.92 Å². The molecular weight excluding hydrogens is 254 g/mol. The predicted octanol–water partition coefficient (Wildman–Crippen LogP) is 3.18. The number of carbonyl (C=O) groups excluding carboxylic acids is 1. The predicted molar refractivity (Wildman–Crippen MR) is 76.3 cm³/mol. The second-order valence-corrected chi connectivity index (χ2v) is 4.48. The zero-order chi connectivity index (χ0) is 14.5. The van der Waals surface area contributed by atoms with E-state index < -0.39 is 0 Å². The van der Waals surface area contributed by atoms with E-state index in [0.717, 1.165) is 11.4 Å². The van der Waals surface area contributed by atoms with Crippen LogP contribution in [0.15, 0.2) is 36.4 Å². The van der Waals surface area contributed by atoms with Gasteiger partial charge in [-0.25, -0.2) is 0 Å². The average Bonchev–Trinajstić information content (AvgIpc) is 2.44. The second kappa shape index (κ2) is 6.19. The highest BCUT2D eigenvalue weighted by Gasteiger charge is 2.10. The lowest BCUT2D eigenvalue weighted by Gasteiger charge is -2.11. The van der Waals surface area contributed by atoms with Crippen molar-refractivity contribution in [2.45, 2.75) is 20.5 Å². The monoisotopic (exact) mass is 271 g/mol. The molecule has 0 fully saturated rings. The van der Waals surface area contributed by atoms with Gasteiger partial charge >= 0.3 is 0 Å². The van der Waals surface area contributed by atoms with Crippen LogP contribution >= 0.6 is 0 Å². The van der Waals surface area contributed by atoms with Crippen LogP contribution in [-0.2, 0) is 6.61 Å². The topological polar surface area (TPSA) is 48.4 Å². The summed E-state index contributed by atoms with van der Waals surface area (Å²) in [4.78, 5) is 16.0. The van der Waals surface area contributed by atoms with Crippen LogP contribution in [0.1, 0.15) is 28.7 Å². The summed E-state index contributed by atoms with van der Waals surface area (Å²) < 4.78 is 10.9. The molecule has 0 unspecified atom stereocenters. The first-order chi connectivity index (χ1) is 9.60. The minimum absolute atomic E-state index is 0.0418. The van der Waals surface area contributed by atoms with Crippen molar-refractivity contribution in [2.75, 3.05) is 7.11 Å². The lowest BCUT2D eigenvalue weighted by atomic mass is 10.1. The SMILES string of the molecule is COc1ccc(C(C)=O)c(OCc2cccc(C)n2)c1. The van der Waals surface area contributed by atoms with E-state index in [4.69, 9.17) is 9.47 Å². The average molecular weight is 271 g/mol. The summed E-state index contributed by atoms with van der Waals surface area (Å²) >= 11 is 0. The molecule has 0 aliphatic rings. The van der Waals surface area contributed by atoms with Gasteiger partial charge in [-0.05, 0) is 38.1 Å². The van der Waals surface area contributed by atoms with Crippen LogP contribution in [0.4, 0.5) is 0 Å². The number of nitrogens with zero attached hydrogens (tertiary/aromatic N) is 1. The highest BCUT2D eigenvalue weighted by Crippen LogP contribution is 2.26. The zero-order valence-corrected chi connectivity index (χ0v) is 11.8. The van der Waals surface area contributed by atoms with Crippen LogP contribution < -0.4 is 9.47 Å². The van der Waals surface area contributed by atoms with E-state index in [1.807, 2.05) is 25.1 Å². The van der Waals surface area contributed by atoms with E-state index in [-0.39, 0.29) is 5.78 Å². The Labute approximate surface area is 118 Å². The number of rotatable bonds is 5. The van der Waals surface area contributed by atoms with Gasteiger partial charge in [0.25, 0.3) is 0 Å². The molecule has 2 rings (SSSR count). The highest BCUT2D eigenvalue weighted by atomic mass is 16.5. The molecular formula is C16H17NO3. The van der Waals surface area contributed by atoms with Gasteiger partial charge in [0, 0.05) is 11.8 Å². The number of aromatic nitrogens is 1. The Morgan fingerprint density at radius 1 is 1.25 bits per heavy atom. The maximum Gasteiger partial charge on any atom is 0.163 e. The highest BCUT2D eigenvalue weighted by molar-refractivity contribution is 5.97. The van der Waals surface area contributed by atoms with Gasteiger partial charge < -0.3 is 9.47 Å². The lowest BCUT2D eigenvalue weighted by molar-refractivity contribution is 0.101. The molecule has 20 heavy (non-hydrogen) atoms. The van der Waals surface area contributed by atoms with E-state index in [0.29, 0.717) is 23.7 Å². The van der Waals surface area contributed by atoms with Gasteiger partial charge in [0.15, 0.2) is 5.78 Å². The van der Waals surface area contributed by atoms with Crippen LogP contribution in [0.5, 0.6) is 11.5 Å². The van der Waals surface area contributed by atoms with Crippen LogP contribution in [0.25, 0.3) is 0 Å². The van der Waals surface area contributed by atoms with Crippen LogP contribution in [0.3, 0.4) is 0 Å².